The van der Waals surface area contributed by atoms with E-state index in [-0.39, 0.29) is 5.97 Å². The summed E-state index contributed by atoms with van der Waals surface area (Å²) in [5.74, 6) is -0.230. The number of hydrogen-bond donors (Lipinski definition) is 0. The number of unbranched alkanes of at least 4 members (excludes halogenated alkanes) is 1. The molecule has 47 valence electrons. The Morgan fingerprint density at radius 3 is 2.75 bits per heavy atom. The molecule has 0 fully saturated rings. The zero-order valence-corrected chi connectivity index (χ0v) is 5.31. The highest BCUT2D eigenvalue weighted by Gasteiger charge is 1.96. The average molecular weight is 115 g/mol. The molecule has 0 heterocycles. The van der Waals surface area contributed by atoms with Gasteiger partial charge in [0.15, 0.2) is 0 Å². The maximum atomic E-state index is 10.3. The molecule has 0 bridgehead atoms. The number of ether oxygens (including phenoxy) is 1. The Hall–Kier alpha value is -0.530. The van der Waals surface area contributed by atoms with Crippen molar-refractivity contribution in [2.24, 2.45) is 0 Å². The summed E-state index contributed by atoms with van der Waals surface area (Å²) >= 11 is 0. The third-order valence-electron chi connectivity index (χ3n) is 0.801. The van der Waals surface area contributed by atoms with E-state index in [1.54, 1.807) is 6.42 Å². The van der Waals surface area contributed by atoms with Crippen molar-refractivity contribution in [1.29, 1.82) is 0 Å². The summed E-state index contributed by atoms with van der Waals surface area (Å²) in [7, 11) is 1.38. The first-order valence-corrected chi connectivity index (χ1v) is 2.72. The summed E-state index contributed by atoms with van der Waals surface area (Å²) in [5, 5.41) is 0. The molecule has 2 heteroatoms. The van der Waals surface area contributed by atoms with Gasteiger partial charge in [0.1, 0.15) is 0 Å². The number of hydrogen-bond acceptors (Lipinski definition) is 2. The van der Waals surface area contributed by atoms with Crippen LogP contribution in [0.25, 0.3) is 0 Å². The van der Waals surface area contributed by atoms with E-state index in [1.165, 1.54) is 7.11 Å². The lowest BCUT2D eigenvalue weighted by Gasteiger charge is -1.93. The van der Waals surface area contributed by atoms with E-state index in [2.05, 4.69) is 4.74 Å². The van der Waals surface area contributed by atoms with E-state index in [4.69, 9.17) is 0 Å². The summed E-state index contributed by atoms with van der Waals surface area (Å²) in [6.07, 6.45) is 3.35. The fourth-order valence-electron chi connectivity index (χ4n) is 0.346. The van der Waals surface area contributed by atoms with Crippen LogP contribution in [0.4, 0.5) is 0 Å². The maximum Gasteiger partial charge on any atom is 0.309 e. The van der Waals surface area contributed by atoms with Gasteiger partial charge in [-0.2, -0.15) is 0 Å². The molecular formula is C6H11O2. The zero-order valence-electron chi connectivity index (χ0n) is 5.31. The number of esters is 1. The Morgan fingerprint density at radius 1 is 1.75 bits per heavy atom. The van der Waals surface area contributed by atoms with Crippen molar-refractivity contribution in [3.63, 3.8) is 0 Å². The molecule has 0 aromatic carbocycles. The summed E-state index contributed by atoms with van der Waals surface area (Å²) in [5.41, 5.74) is 0. The van der Waals surface area contributed by atoms with Gasteiger partial charge in [0, 0.05) is 0 Å². The van der Waals surface area contributed by atoms with Crippen LogP contribution in [-0.4, -0.2) is 13.1 Å². The molecule has 0 atom stereocenters. The van der Waals surface area contributed by atoms with Crippen LogP contribution in [0, 0.1) is 6.42 Å². The Labute approximate surface area is 49.8 Å². The first-order chi connectivity index (χ1) is 3.81. The number of carbonyl (C=O) groups is 1. The Bertz CT molecular complexity index is 68.9. The van der Waals surface area contributed by atoms with Crippen molar-refractivity contribution in [3.8, 4) is 0 Å². The van der Waals surface area contributed by atoms with E-state index >= 15 is 0 Å². The normalized spacial score (nSPS) is 8.75. The van der Waals surface area contributed by atoms with Gasteiger partial charge in [0.25, 0.3) is 0 Å². The van der Waals surface area contributed by atoms with Gasteiger partial charge in [0.05, 0.1) is 13.5 Å². The molecule has 0 unspecified atom stereocenters. The summed E-state index contributed by atoms with van der Waals surface area (Å²) in [4.78, 5) is 10.3. The van der Waals surface area contributed by atoms with Crippen molar-refractivity contribution in [1.82, 2.24) is 0 Å². The van der Waals surface area contributed by atoms with E-state index in [0.717, 1.165) is 12.8 Å². The Balaban J connectivity index is 2.99. The molecular weight excluding hydrogens is 104 g/mol. The lowest BCUT2D eigenvalue weighted by Crippen LogP contribution is -1.99. The van der Waals surface area contributed by atoms with Crippen LogP contribution in [0.1, 0.15) is 19.8 Å². The SMILES string of the molecule is CCC[CH]C(=O)OC. The minimum absolute atomic E-state index is 0.230. The van der Waals surface area contributed by atoms with Crippen molar-refractivity contribution in [2.45, 2.75) is 19.8 Å². The largest absolute Gasteiger partial charge is 0.469 e. The molecule has 0 aliphatic carbocycles. The molecule has 0 amide bonds. The second kappa shape index (κ2) is 4.62. The second-order valence-corrected chi connectivity index (χ2v) is 1.52. The maximum absolute atomic E-state index is 10.3. The monoisotopic (exact) mass is 115 g/mol. The molecule has 0 saturated heterocycles. The molecule has 0 aliphatic heterocycles. The zero-order chi connectivity index (χ0) is 6.41. The summed E-state index contributed by atoms with van der Waals surface area (Å²) < 4.78 is 4.36. The third-order valence-corrected chi connectivity index (χ3v) is 0.801. The molecule has 0 N–H and O–H groups in total. The molecule has 0 rings (SSSR count). The molecule has 8 heavy (non-hydrogen) atoms. The van der Waals surface area contributed by atoms with Crippen LogP contribution in [0.5, 0.6) is 0 Å². The standard InChI is InChI=1S/C6H11O2/c1-3-4-5-6(7)8-2/h5H,3-4H2,1-2H3. The molecule has 1 radical (unpaired) electrons. The average Bonchev–Trinajstić information content (AvgIpc) is 1.83. The molecule has 2 nitrogen and oxygen atoms in total. The quantitative estimate of drug-likeness (QED) is 0.516. The molecule has 0 aromatic heterocycles. The number of rotatable bonds is 3. The van der Waals surface area contributed by atoms with Gasteiger partial charge >= 0.3 is 5.97 Å². The minimum atomic E-state index is -0.230. The number of methoxy groups -OCH3 is 1. The van der Waals surface area contributed by atoms with Gasteiger partial charge in [-0.15, -0.1) is 0 Å². The summed E-state index contributed by atoms with van der Waals surface area (Å²) in [6.45, 7) is 2.01. The third kappa shape index (κ3) is 3.65. The molecule has 0 spiro atoms. The van der Waals surface area contributed by atoms with Crippen molar-refractivity contribution in [2.75, 3.05) is 7.11 Å². The Kier molecular flexibility index (Phi) is 4.32. The van der Waals surface area contributed by atoms with E-state index in [1.807, 2.05) is 6.92 Å². The van der Waals surface area contributed by atoms with Crippen LogP contribution in [0.15, 0.2) is 0 Å². The molecule has 0 saturated carbocycles. The van der Waals surface area contributed by atoms with Crippen LogP contribution in [-0.2, 0) is 9.53 Å². The first kappa shape index (κ1) is 7.47. The van der Waals surface area contributed by atoms with Crippen LogP contribution >= 0.6 is 0 Å². The van der Waals surface area contributed by atoms with E-state index < -0.39 is 0 Å². The van der Waals surface area contributed by atoms with Gasteiger partial charge in [-0.3, -0.25) is 4.79 Å². The predicted octanol–water partition coefficient (Wildman–Crippen LogP) is 1.16. The fourth-order valence-corrected chi connectivity index (χ4v) is 0.346. The molecule has 0 aromatic rings. The number of carbonyl (C=O) groups excluding carboxylic acids is 1. The van der Waals surface area contributed by atoms with Gasteiger partial charge in [-0.1, -0.05) is 13.3 Å². The van der Waals surface area contributed by atoms with Crippen molar-refractivity contribution < 1.29 is 9.53 Å². The van der Waals surface area contributed by atoms with Crippen molar-refractivity contribution >= 4 is 5.97 Å². The lowest BCUT2D eigenvalue weighted by molar-refractivity contribution is -0.136. The van der Waals surface area contributed by atoms with E-state index in [9.17, 15) is 4.79 Å². The topological polar surface area (TPSA) is 26.3 Å². The molecule has 0 aliphatic rings. The van der Waals surface area contributed by atoms with Gasteiger partial charge in [-0.05, 0) is 6.42 Å². The van der Waals surface area contributed by atoms with Gasteiger partial charge in [0.2, 0.25) is 0 Å². The highest BCUT2D eigenvalue weighted by molar-refractivity contribution is 5.78. The highest BCUT2D eigenvalue weighted by atomic mass is 16.5. The van der Waals surface area contributed by atoms with Crippen LogP contribution in [0.2, 0.25) is 0 Å². The van der Waals surface area contributed by atoms with E-state index in [0.29, 0.717) is 0 Å². The second-order valence-electron chi connectivity index (χ2n) is 1.52. The van der Waals surface area contributed by atoms with Crippen LogP contribution < -0.4 is 0 Å². The highest BCUT2D eigenvalue weighted by Crippen LogP contribution is 1.92. The van der Waals surface area contributed by atoms with Gasteiger partial charge < -0.3 is 4.74 Å². The fraction of sp³-hybridized carbons (Fsp3) is 0.667. The Morgan fingerprint density at radius 2 is 2.38 bits per heavy atom. The lowest BCUT2D eigenvalue weighted by atomic mass is 10.3. The van der Waals surface area contributed by atoms with Gasteiger partial charge in [-0.25, -0.2) is 0 Å². The minimum Gasteiger partial charge on any atom is -0.469 e. The van der Waals surface area contributed by atoms with Crippen LogP contribution in [0.3, 0.4) is 0 Å². The van der Waals surface area contributed by atoms with Crippen molar-refractivity contribution in [3.05, 3.63) is 6.42 Å². The predicted molar refractivity (Wildman–Crippen MR) is 31.2 cm³/mol. The smallest absolute Gasteiger partial charge is 0.309 e. The summed E-state index contributed by atoms with van der Waals surface area (Å²) in [6, 6.07) is 0. The first-order valence-electron chi connectivity index (χ1n) is 2.72.